The molecule has 0 aliphatic carbocycles. The molecule has 0 saturated carbocycles. The van der Waals surface area contributed by atoms with Crippen LogP contribution in [-0.2, 0) is 6.54 Å². The van der Waals surface area contributed by atoms with E-state index in [-0.39, 0.29) is 0 Å². The van der Waals surface area contributed by atoms with Crippen molar-refractivity contribution in [2.24, 2.45) is 0 Å². The summed E-state index contributed by atoms with van der Waals surface area (Å²) >= 11 is 7.48. The average molecular weight is 264 g/mol. The number of hydrogen-bond donors (Lipinski definition) is 2. The summed E-state index contributed by atoms with van der Waals surface area (Å²) in [6, 6.07) is 9.12. The lowest BCUT2D eigenvalue weighted by atomic mass is 10.2. The summed E-state index contributed by atoms with van der Waals surface area (Å²) in [5.41, 5.74) is 7.85. The van der Waals surface area contributed by atoms with E-state index >= 15 is 0 Å². The molecular formula is C12H10ClN3S. The predicted octanol–water partition coefficient (Wildman–Crippen LogP) is 3.47. The van der Waals surface area contributed by atoms with Crippen molar-refractivity contribution in [3.05, 3.63) is 45.1 Å². The van der Waals surface area contributed by atoms with E-state index in [0.29, 0.717) is 17.1 Å². The van der Waals surface area contributed by atoms with Gasteiger partial charge in [0.05, 0.1) is 17.8 Å². The van der Waals surface area contributed by atoms with E-state index in [1.807, 2.05) is 11.4 Å². The van der Waals surface area contributed by atoms with Gasteiger partial charge < -0.3 is 11.1 Å². The second kappa shape index (κ2) is 5.09. The molecule has 17 heavy (non-hydrogen) atoms. The summed E-state index contributed by atoms with van der Waals surface area (Å²) in [5, 5.41) is 14.7. The topological polar surface area (TPSA) is 61.8 Å². The van der Waals surface area contributed by atoms with E-state index in [1.165, 1.54) is 0 Å². The molecule has 1 aromatic heterocycles. The van der Waals surface area contributed by atoms with E-state index in [0.717, 1.165) is 16.3 Å². The number of benzene rings is 1. The number of anilines is 2. The van der Waals surface area contributed by atoms with Crippen LogP contribution in [0.4, 0.5) is 11.4 Å². The summed E-state index contributed by atoms with van der Waals surface area (Å²) in [6.07, 6.45) is 0. The molecule has 2 aromatic rings. The molecule has 0 atom stereocenters. The Kier molecular flexibility index (Phi) is 3.52. The van der Waals surface area contributed by atoms with Crippen molar-refractivity contribution in [3.63, 3.8) is 0 Å². The first-order valence-corrected chi connectivity index (χ1v) is 6.22. The zero-order chi connectivity index (χ0) is 12.3. The van der Waals surface area contributed by atoms with Gasteiger partial charge in [-0.05, 0) is 29.6 Å². The lowest BCUT2D eigenvalue weighted by Gasteiger charge is -2.08. The zero-order valence-corrected chi connectivity index (χ0v) is 10.5. The highest BCUT2D eigenvalue weighted by atomic mass is 35.5. The standard InChI is InChI=1S/C12H10ClN3S/c13-9-2-1-8(6-14)11(5-9)16-7-12-10(15)3-4-17-12/h1-5,16H,7,15H2. The molecule has 0 bridgehead atoms. The van der Waals surface area contributed by atoms with E-state index in [4.69, 9.17) is 22.6 Å². The van der Waals surface area contributed by atoms with Crippen LogP contribution in [0.15, 0.2) is 29.6 Å². The molecule has 0 fully saturated rings. The number of nitrogens with one attached hydrogen (secondary N) is 1. The maximum absolute atomic E-state index is 8.97. The summed E-state index contributed by atoms with van der Waals surface area (Å²) in [7, 11) is 0. The van der Waals surface area contributed by atoms with Gasteiger partial charge in [0, 0.05) is 15.6 Å². The molecule has 0 saturated heterocycles. The number of hydrogen-bond acceptors (Lipinski definition) is 4. The Hall–Kier alpha value is -1.70. The van der Waals surface area contributed by atoms with Crippen LogP contribution in [0, 0.1) is 11.3 Å². The molecule has 0 aliphatic rings. The van der Waals surface area contributed by atoms with Crippen LogP contribution >= 0.6 is 22.9 Å². The Morgan fingerprint density at radius 1 is 1.41 bits per heavy atom. The number of nitrogens with zero attached hydrogens (tertiary/aromatic N) is 1. The Bertz CT molecular complexity index is 571. The molecule has 0 unspecified atom stereocenters. The van der Waals surface area contributed by atoms with Crippen LogP contribution < -0.4 is 11.1 Å². The lowest BCUT2D eigenvalue weighted by Crippen LogP contribution is -2.01. The van der Waals surface area contributed by atoms with E-state index in [9.17, 15) is 0 Å². The quantitative estimate of drug-likeness (QED) is 0.891. The summed E-state index contributed by atoms with van der Waals surface area (Å²) in [6.45, 7) is 0.596. The maximum atomic E-state index is 8.97. The normalized spacial score (nSPS) is 9.88. The highest BCUT2D eigenvalue weighted by Crippen LogP contribution is 2.24. The third-order valence-electron chi connectivity index (χ3n) is 2.32. The average Bonchev–Trinajstić information content (AvgIpc) is 2.72. The van der Waals surface area contributed by atoms with Gasteiger partial charge in [0.25, 0.3) is 0 Å². The molecule has 0 radical (unpaired) electrons. The van der Waals surface area contributed by atoms with Gasteiger partial charge in [-0.3, -0.25) is 0 Å². The number of nitriles is 1. The molecule has 0 amide bonds. The summed E-state index contributed by atoms with van der Waals surface area (Å²) in [5.74, 6) is 0. The fourth-order valence-electron chi connectivity index (χ4n) is 1.43. The molecular weight excluding hydrogens is 254 g/mol. The highest BCUT2D eigenvalue weighted by molar-refractivity contribution is 7.10. The molecule has 3 nitrogen and oxygen atoms in total. The molecule has 86 valence electrons. The summed E-state index contributed by atoms with van der Waals surface area (Å²) < 4.78 is 0. The fraction of sp³-hybridized carbons (Fsp3) is 0.0833. The van der Waals surface area contributed by atoms with Crippen molar-refractivity contribution < 1.29 is 0 Å². The molecule has 3 N–H and O–H groups in total. The number of nitrogen functional groups attached to an aromatic ring is 1. The van der Waals surface area contributed by atoms with Crippen molar-refractivity contribution in [2.45, 2.75) is 6.54 Å². The lowest BCUT2D eigenvalue weighted by molar-refractivity contribution is 1.19. The zero-order valence-electron chi connectivity index (χ0n) is 8.90. The first-order chi connectivity index (χ1) is 8.20. The second-order valence-corrected chi connectivity index (χ2v) is 4.89. The second-order valence-electron chi connectivity index (χ2n) is 3.45. The number of thiophene rings is 1. The van der Waals surface area contributed by atoms with Gasteiger partial charge in [-0.25, -0.2) is 0 Å². The maximum Gasteiger partial charge on any atom is 0.101 e. The van der Waals surface area contributed by atoms with Crippen LogP contribution in [0.1, 0.15) is 10.4 Å². The van der Waals surface area contributed by atoms with Crippen LogP contribution in [0.25, 0.3) is 0 Å². The Labute approximate surface area is 108 Å². The van der Waals surface area contributed by atoms with Gasteiger partial charge in [0.15, 0.2) is 0 Å². The van der Waals surface area contributed by atoms with Gasteiger partial charge in [0.1, 0.15) is 6.07 Å². The fourth-order valence-corrected chi connectivity index (χ4v) is 2.34. The van der Waals surface area contributed by atoms with Gasteiger partial charge in [-0.15, -0.1) is 11.3 Å². The van der Waals surface area contributed by atoms with E-state index in [1.54, 1.807) is 29.5 Å². The minimum Gasteiger partial charge on any atom is -0.398 e. The number of halogens is 1. The highest BCUT2D eigenvalue weighted by Gasteiger charge is 2.04. The first kappa shape index (κ1) is 11.8. The van der Waals surface area contributed by atoms with Crippen molar-refractivity contribution in [2.75, 3.05) is 11.1 Å². The minimum absolute atomic E-state index is 0.574. The van der Waals surface area contributed by atoms with Gasteiger partial charge in [0.2, 0.25) is 0 Å². The van der Waals surface area contributed by atoms with Crippen LogP contribution in [0.2, 0.25) is 5.02 Å². The predicted molar refractivity (Wildman–Crippen MR) is 72.2 cm³/mol. The van der Waals surface area contributed by atoms with E-state index in [2.05, 4.69) is 11.4 Å². The molecule has 1 aromatic carbocycles. The van der Waals surface area contributed by atoms with Crippen LogP contribution in [0.5, 0.6) is 0 Å². The third kappa shape index (κ3) is 2.70. The van der Waals surface area contributed by atoms with Gasteiger partial charge in [-0.2, -0.15) is 5.26 Å². The summed E-state index contributed by atoms with van der Waals surface area (Å²) in [4.78, 5) is 1.05. The van der Waals surface area contributed by atoms with Crippen molar-refractivity contribution in [1.29, 1.82) is 5.26 Å². The van der Waals surface area contributed by atoms with Gasteiger partial charge in [-0.1, -0.05) is 11.6 Å². The number of nitrogens with two attached hydrogens (primary N) is 1. The largest absolute Gasteiger partial charge is 0.398 e. The Balaban J connectivity index is 2.17. The smallest absolute Gasteiger partial charge is 0.101 e. The van der Waals surface area contributed by atoms with E-state index < -0.39 is 0 Å². The van der Waals surface area contributed by atoms with Crippen molar-refractivity contribution >= 4 is 34.3 Å². The minimum atomic E-state index is 0.574. The van der Waals surface area contributed by atoms with Crippen molar-refractivity contribution in [3.8, 4) is 6.07 Å². The first-order valence-electron chi connectivity index (χ1n) is 4.96. The number of rotatable bonds is 3. The van der Waals surface area contributed by atoms with Crippen LogP contribution in [0.3, 0.4) is 0 Å². The molecule has 1 heterocycles. The molecule has 0 aliphatic heterocycles. The molecule has 2 rings (SSSR count). The molecule has 0 spiro atoms. The van der Waals surface area contributed by atoms with Crippen molar-refractivity contribution in [1.82, 2.24) is 0 Å². The van der Waals surface area contributed by atoms with Crippen LogP contribution in [-0.4, -0.2) is 0 Å². The van der Waals surface area contributed by atoms with Gasteiger partial charge >= 0.3 is 0 Å². The molecule has 5 heteroatoms. The SMILES string of the molecule is N#Cc1ccc(Cl)cc1NCc1sccc1N. The third-order valence-corrected chi connectivity index (χ3v) is 3.49. The Morgan fingerprint density at radius 3 is 2.88 bits per heavy atom. The Morgan fingerprint density at radius 2 is 2.24 bits per heavy atom. The monoisotopic (exact) mass is 263 g/mol.